The zero-order valence-electron chi connectivity index (χ0n) is 9.25. The SMILES string of the molecule is CCNc1nc(C(C)COC)ncc1I. The van der Waals surface area contributed by atoms with Crippen LogP contribution in [0.2, 0.25) is 0 Å². The minimum absolute atomic E-state index is 0.226. The molecule has 0 spiro atoms. The Kier molecular flexibility index (Phi) is 5.24. The number of aromatic nitrogens is 2. The molecule has 4 nitrogen and oxygen atoms in total. The molecule has 1 unspecified atom stereocenters. The maximum Gasteiger partial charge on any atom is 0.143 e. The number of hydrogen-bond donors (Lipinski definition) is 1. The summed E-state index contributed by atoms with van der Waals surface area (Å²) in [4.78, 5) is 8.77. The second kappa shape index (κ2) is 6.22. The van der Waals surface area contributed by atoms with Gasteiger partial charge in [-0.15, -0.1) is 0 Å². The monoisotopic (exact) mass is 321 g/mol. The van der Waals surface area contributed by atoms with Crippen molar-refractivity contribution in [2.24, 2.45) is 0 Å². The highest BCUT2D eigenvalue weighted by Gasteiger charge is 2.10. The molecule has 1 rings (SSSR count). The van der Waals surface area contributed by atoms with Gasteiger partial charge in [-0.2, -0.15) is 0 Å². The number of ether oxygens (including phenoxy) is 1. The molecule has 0 aliphatic rings. The summed E-state index contributed by atoms with van der Waals surface area (Å²) < 4.78 is 6.13. The molecular weight excluding hydrogens is 305 g/mol. The molecule has 1 aromatic rings. The van der Waals surface area contributed by atoms with Crippen LogP contribution in [0.15, 0.2) is 6.20 Å². The van der Waals surface area contributed by atoms with E-state index in [1.807, 2.05) is 6.20 Å². The molecule has 15 heavy (non-hydrogen) atoms. The average Bonchev–Trinajstić information content (AvgIpc) is 2.22. The number of halogens is 1. The van der Waals surface area contributed by atoms with Crippen LogP contribution in [0, 0.1) is 3.57 Å². The van der Waals surface area contributed by atoms with Crippen molar-refractivity contribution in [3.8, 4) is 0 Å². The summed E-state index contributed by atoms with van der Waals surface area (Å²) in [6.07, 6.45) is 1.84. The Morgan fingerprint density at radius 1 is 1.60 bits per heavy atom. The van der Waals surface area contributed by atoms with E-state index < -0.39 is 0 Å². The quantitative estimate of drug-likeness (QED) is 0.845. The van der Waals surface area contributed by atoms with Gasteiger partial charge in [0.25, 0.3) is 0 Å². The van der Waals surface area contributed by atoms with Crippen LogP contribution in [0.4, 0.5) is 5.82 Å². The van der Waals surface area contributed by atoms with Gasteiger partial charge in [-0.25, -0.2) is 9.97 Å². The molecule has 1 N–H and O–H groups in total. The van der Waals surface area contributed by atoms with E-state index >= 15 is 0 Å². The zero-order valence-corrected chi connectivity index (χ0v) is 11.4. The van der Waals surface area contributed by atoms with E-state index in [9.17, 15) is 0 Å². The molecule has 84 valence electrons. The molecule has 1 heterocycles. The van der Waals surface area contributed by atoms with E-state index in [0.29, 0.717) is 6.61 Å². The highest BCUT2D eigenvalue weighted by Crippen LogP contribution is 2.18. The maximum absolute atomic E-state index is 5.09. The van der Waals surface area contributed by atoms with Gasteiger partial charge in [0.1, 0.15) is 11.6 Å². The first-order valence-electron chi connectivity index (χ1n) is 4.94. The second-order valence-electron chi connectivity index (χ2n) is 3.31. The third kappa shape index (κ3) is 3.57. The van der Waals surface area contributed by atoms with Crippen molar-refractivity contribution < 1.29 is 4.74 Å². The van der Waals surface area contributed by atoms with Crippen molar-refractivity contribution in [1.82, 2.24) is 9.97 Å². The molecule has 0 radical (unpaired) electrons. The number of hydrogen-bond acceptors (Lipinski definition) is 4. The van der Waals surface area contributed by atoms with Crippen LogP contribution in [0.5, 0.6) is 0 Å². The van der Waals surface area contributed by atoms with Crippen LogP contribution in [-0.2, 0) is 4.74 Å². The van der Waals surface area contributed by atoms with Gasteiger partial charge in [-0.05, 0) is 29.5 Å². The Bertz CT molecular complexity index is 320. The number of nitrogens with one attached hydrogen (secondary N) is 1. The van der Waals surface area contributed by atoms with Gasteiger partial charge in [0, 0.05) is 25.8 Å². The summed E-state index contributed by atoms with van der Waals surface area (Å²) in [5.74, 6) is 1.96. The molecule has 0 amide bonds. The van der Waals surface area contributed by atoms with Gasteiger partial charge in [-0.1, -0.05) is 6.92 Å². The zero-order chi connectivity index (χ0) is 11.3. The molecular formula is C10H16IN3O. The summed E-state index contributed by atoms with van der Waals surface area (Å²) in [7, 11) is 1.69. The molecule has 0 aliphatic heterocycles. The van der Waals surface area contributed by atoms with Crippen LogP contribution in [0.1, 0.15) is 25.6 Å². The van der Waals surface area contributed by atoms with E-state index in [1.165, 1.54) is 0 Å². The standard InChI is InChI=1S/C10H16IN3O/c1-4-12-10-8(11)5-13-9(14-10)7(2)6-15-3/h5,7H,4,6H2,1-3H3,(H,12,13,14). The molecule has 0 aliphatic carbocycles. The first-order chi connectivity index (χ1) is 7.19. The fraction of sp³-hybridized carbons (Fsp3) is 0.600. The number of anilines is 1. The summed E-state index contributed by atoms with van der Waals surface area (Å²) in [5.41, 5.74) is 0. The van der Waals surface area contributed by atoms with Crippen molar-refractivity contribution in [2.75, 3.05) is 25.6 Å². The molecule has 5 heteroatoms. The van der Waals surface area contributed by atoms with Crippen molar-refractivity contribution in [3.63, 3.8) is 0 Å². The van der Waals surface area contributed by atoms with E-state index in [2.05, 4.69) is 51.7 Å². The second-order valence-corrected chi connectivity index (χ2v) is 4.47. The highest BCUT2D eigenvalue weighted by molar-refractivity contribution is 14.1. The van der Waals surface area contributed by atoms with E-state index in [1.54, 1.807) is 7.11 Å². The van der Waals surface area contributed by atoms with Gasteiger partial charge in [0.05, 0.1) is 10.2 Å². The highest BCUT2D eigenvalue weighted by atomic mass is 127. The number of nitrogens with zero attached hydrogens (tertiary/aromatic N) is 2. The summed E-state index contributed by atoms with van der Waals surface area (Å²) >= 11 is 2.23. The van der Waals surface area contributed by atoms with Crippen LogP contribution in [-0.4, -0.2) is 30.2 Å². The van der Waals surface area contributed by atoms with Crippen LogP contribution < -0.4 is 5.32 Å². The number of methoxy groups -OCH3 is 1. The van der Waals surface area contributed by atoms with Crippen molar-refractivity contribution in [2.45, 2.75) is 19.8 Å². The molecule has 0 fully saturated rings. The predicted molar refractivity (Wildman–Crippen MR) is 69.2 cm³/mol. The van der Waals surface area contributed by atoms with Crippen LogP contribution in [0.3, 0.4) is 0 Å². The number of rotatable bonds is 5. The van der Waals surface area contributed by atoms with Crippen molar-refractivity contribution in [1.29, 1.82) is 0 Å². The van der Waals surface area contributed by atoms with Gasteiger partial charge in [0.2, 0.25) is 0 Å². The van der Waals surface area contributed by atoms with Crippen LogP contribution in [0.25, 0.3) is 0 Å². The van der Waals surface area contributed by atoms with Gasteiger partial charge in [-0.3, -0.25) is 0 Å². The maximum atomic E-state index is 5.09. The van der Waals surface area contributed by atoms with Gasteiger partial charge in [0.15, 0.2) is 0 Å². The molecule has 1 aromatic heterocycles. The topological polar surface area (TPSA) is 47.0 Å². The fourth-order valence-electron chi connectivity index (χ4n) is 1.23. The van der Waals surface area contributed by atoms with Crippen molar-refractivity contribution >= 4 is 28.4 Å². The Balaban J connectivity index is 2.86. The molecule has 0 saturated carbocycles. The smallest absolute Gasteiger partial charge is 0.143 e. The first kappa shape index (κ1) is 12.6. The Labute approximate surface area is 104 Å². The lowest BCUT2D eigenvalue weighted by Crippen LogP contribution is -2.10. The predicted octanol–water partition coefficient (Wildman–Crippen LogP) is 2.26. The van der Waals surface area contributed by atoms with E-state index in [-0.39, 0.29) is 5.92 Å². The third-order valence-electron chi connectivity index (χ3n) is 1.96. The molecule has 1 atom stereocenters. The average molecular weight is 321 g/mol. The lowest BCUT2D eigenvalue weighted by molar-refractivity contribution is 0.181. The Morgan fingerprint density at radius 3 is 2.93 bits per heavy atom. The molecule has 0 saturated heterocycles. The third-order valence-corrected chi connectivity index (χ3v) is 2.75. The summed E-state index contributed by atoms with van der Waals surface area (Å²) in [6.45, 7) is 5.62. The van der Waals surface area contributed by atoms with Gasteiger partial charge < -0.3 is 10.1 Å². The fourth-order valence-corrected chi connectivity index (χ4v) is 1.68. The van der Waals surface area contributed by atoms with Gasteiger partial charge >= 0.3 is 0 Å². The molecule has 0 bridgehead atoms. The summed E-state index contributed by atoms with van der Waals surface area (Å²) in [6, 6.07) is 0. The van der Waals surface area contributed by atoms with Crippen molar-refractivity contribution in [3.05, 3.63) is 15.6 Å². The Morgan fingerprint density at radius 2 is 2.33 bits per heavy atom. The van der Waals surface area contributed by atoms with Crippen LogP contribution >= 0.6 is 22.6 Å². The summed E-state index contributed by atoms with van der Waals surface area (Å²) in [5, 5.41) is 3.21. The largest absolute Gasteiger partial charge is 0.384 e. The van der Waals surface area contributed by atoms with E-state index in [0.717, 1.165) is 21.8 Å². The Hall–Kier alpha value is -0.430. The molecule has 0 aromatic carbocycles. The first-order valence-corrected chi connectivity index (χ1v) is 6.02. The minimum Gasteiger partial charge on any atom is -0.384 e. The normalized spacial score (nSPS) is 12.5. The minimum atomic E-state index is 0.226. The lowest BCUT2D eigenvalue weighted by Gasteiger charge is -2.11. The lowest BCUT2D eigenvalue weighted by atomic mass is 10.2. The van der Waals surface area contributed by atoms with E-state index in [4.69, 9.17) is 4.74 Å².